The maximum absolute atomic E-state index is 8.83. The lowest BCUT2D eigenvalue weighted by molar-refractivity contribution is 1.16. The van der Waals surface area contributed by atoms with Crippen molar-refractivity contribution < 1.29 is 0 Å². The van der Waals surface area contributed by atoms with Crippen molar-refractivity contribution in [1.82, 2.24) is 9.97 Å². The summed E-state index contributed by atoms with van der Waals surface area (Å²) in [7, 11) is 0. The summed E-state index contributed by atoms with van der Waals surface area (Å²) < 4.78 is 0. The van der Waals surface area contributed by atoms with Gasteiger partial charge in [0.2, 0.25) is 0 Å². The molecule has 0 atom stereocenters. The second-order valence-electron chi connectivity index (χ2n) is 5.60. The first-order valence-corrected chi connectivity index (χ1v) is 7.57. The molecular formula is C19H17N5. The molecule has 2 aromatic carbocycles. The van der Waals surface area contributed by atoms with Crippen LogP contribution in [-0.4, -0.2) is 9.97 Å². The molecule has 0 amide bonds. The first kappa shape index (κ1) is 15.5. The molecule has 0 aliphatic rings. The van der Waals surface area contributed by atoms with Gasteiger partial charge in [-0.1, -0.05) is 6.07 Å². The number of nitrogens with one attached hydrogen (secondary N) is 2. The fourth-order valence-corrected chi connectivity index (χ4v) is 2.46. The van der Waals surface area contributed by atoms with E-state index in [0.717, 1.165) is 11.4 Å². The summed E-state index contributed by atoms with van der Waals surface area (Å²) in [6, 6.07) is 17.4. The van der Waals surface area contributed by atoms with Gasteiger partial charge in [0.1, 0.15) is 18.0 Å². The monoisotopic (exact) mass is 315 g/mol. The summed E-state index contributed by atoms with van der Waals surface area (Å²) in [5.41, 5.74) is 4.88. The zero-order chi connectivity index (χ0) is 16.9. The molecule has 0 saturated carbocycles. The third-order valence-corrected chi connectivity index (χ3v) is 3.45. The first-order chi connectivity index (χ1) is 11.6. The van der Waals surface area contributed by atoms with E-state index in [-0.39, 0.29) is 0 Å². The maximum Gasteiger partial charge on any atom is 0.135 e. The lowest BCUT2D eigenvalue weighted by atomic mass is 10.1. The largest absolute Gasteiger partial charge is 0.340 e. The Kier molecular flexibility index (Phi) is 4.39. The van der Waals surface area contributed by atoms with E-state index in [4.69, 9.17) is 5.26 Å². The summed E-state index contributed by atoms with van der Waals surface area (Å²) >= 11 is 0. The van der Waals surface area contributed by atoms with Crippen LogP contribution in [0.5, 0.6) is 0 Å². The molecule has 1 aromatic heterocycles. The molecule has 0 aliphatic heterocycles. The molecule has 5 nitrogen and oxygen atoms in total. The second-order valence-corrected chi connectivity index (χ2v) is 5.60. The molecule has 3 aromatic rings. The lowest BCUT2D eigenvalue weighted by Crippen LogP contribution is -1.99. The Balaban J connectivity index is 1.77. The van der Waals surface area contributed by atoms with Crippen molar-refractivity contribution in [2.24, 2.45) is 0 Å². The molecular weight excluding hydrogens is 298 g/mol. The Morgan fingerprint density at radius 3 is 1.96 bits per heavy atom. The first-order valence-electron chi connectivity index (χ1n) is 7.57. The Morgan fingerprint density at radius 1 is 0.792 bits per heavy atom. The van der Waals surface area contributed by atoms with Gasteiger partial charge in [0.25, 0.3) is 0 Å². The van der Waals surface area contributed by atoms with Gasteiger partial charge < -0.3 is 10.6 Å². The van der Waals surface area contributed by atoms with E-state index >= 15 is 0 Å². The van der Waals surface area contributed by atoms with E-state index < -0.39 is 0 Å². The van der Waals surface area contributed by atoms with Gasteiger partial charge in [0.15, 0.2) is 0 Å². The van der Waals surface area contributed by atoms with Crippen molar-refractivity contribution in [3.05, 3.63) is 71.5 Å². The SMILES string of the molecule is Cc1cc(C)cc(Nc2cc(Nc3ccc(C#N)cc3)ncn2)c1. The van der Waals surface area contributed by atoms with Gasteiger partial charge in [0, 0.05) is 17.4 Å². The predicted octanol–water partition coefficient (Wildman–Crippen LogP) is 4.45. The van der Waals surface area contributed by atoms with Crippen molar-refractivity contribution in [3.8, 4) is 6.07 Å². The van der Waals surface area contributed by atoms with E-state index in [0.29, 0.717) is 17.2 Å². The molecule has 0 radical (unpaired) electrons. The van der Waals surface area contributed by atoms with Crippen molar-refractivity contribution in [1.29, 1.82) is 5.26 Å². The van der Waals surface area contributed by atoms with Gasteiger partial charge in [-0.05, 0) is 61.4 Å². The van der Waals surface area contributed by atoms with Crippen LogP contribution in [0.15, 0.2) is 54.9 Å². The van der Waals surface area contributed by atoms with Crippen LogP contribution in [0.25, 0.3) is 0 Å². The number of benzene rings is 2. The minimum atomic E-state index is 0.625. The quantitative estimate of drug-likeness (QED) is 0.744. The molecule has 118 valence electrons. The summed E-state index contributed by atoms with van der Waals surface area (Å²) in [5, 5.41) is 15.3. The number of aryl methyl sites for hydroxylation is 2. The average molecular weight is 315 g/mol. The zero-order valence-electron chi connectivity index (χ0n) is 13.5. The topological polar surface area (TPSA) is 73.6 Å². The van der Waals surface area contributed by atoms with Gasteiger partial charge in [0.05, 0.1) is 11.6 Å². The minimum absolute atomic E-state index is 0.625. The van der Waals surface area contributed by atoms with Crippen LogP contribution < -0.4 is 10.6 Å². The highest BCUT2D eigenvalue weighted by Crippen LogP contribution is 2.21. The van der Waals surface area contributed by atoms with E-state index in [2.05, 4.69) is 58.7 Å². The Morgan fingerprint density at radius 2 is 1.38 bits per heavy atom. The predicted molar refractivity (Wildman–Crippen MR) is 95.7 cm³/mol. The average Bonchev–Trinajstić information content (AvgIpc) is 2.55. The highest BCUT2D eigenvalue weighted by atomic mass is 15.1. The normalized spacial score (nSPS) is 10.0. The number of aromatic nitrogens is 2. The van der Waals surface area contributed by atoms with Gasteiger partial charge in [-0.15, -0.1) is 0 Å². The van der Waals surface area contributed by atoms with Crippen LogP contribution in [0.1, 0.15) is 16.7 Å². The standard InChI is InChI=1S/C19H17N5/c1-13-7-14(2)9-17(8-13)24-19-10-18(21-12-22-19)23-16-5-3-15(11-20)4-6-16/h3-10,12H,1-2H3,(H2,21,22,23,24). The van der Waals surface area contributed by atoms with Crippen LogP contribution in [0, 0.1) is 25.2 Å². The van der Waals surface area contributed by atoms with Crippen molar-refractivity contribution in [3.63, 3.8) is 0 Å². The van der Waals surface area contributed by atoms with Crippen molar-refractivity contribution >= 4 is 23.0 Å². The molecule has 0 unspecified atom stereocenters. The van der Waals surface area contributed by atoms with Crippen LogP contribution >= 0.6 is 0 Å². The highest BCUT2D eigenvalue weighted by Gasteiger charge is 2.02. The van der Waals surface area contributed by atoms with Gasteiger partial charge in [-0.2, -0.15) is 5.26 Å². The van der Waals surface area contributed by atoms with Crippen molar-refractivity contribution in [2.45, 2.75) is 13.8 Å². The van der Waals surface area contributed by atoms with E-state index in [1.165, 1.54) is 17.5 Å². The Bertz CT molecular complexity index is 874. The van der Waals surface area contributed by atoms with Crippen LogP contribution in [-0.2, 0) is 0 Å². The summed E-state index contributed by atoms with van der Waals surface area (Å²) in [5.74, 6) is 1.40. The van der Waals surface area contributed by atoms with Gasteiger partial charge >= 0.3 is 0 Å². The number of hydrogen-bond acceptors (Lipinski definition) is 5. The zero-order valence-corrected chi connectivity index (χ0v) is 13.5. The molecule has 1 heterocycles. The number of hydrogen-bond donors (Lipinski definition) is 2. The fourth-order valence-electron chi connectivity index (χ4n) is 2.46. The number of nitriles is 1. The fraction of sp³-hybridized carbons (Fsp3) is 0.105. The molecule has 2 N–H and O–H groups in total. The second kappa shape index (κ2) is 6.80. The molecule has 5 heteroatoms. The Labute approximate surface area is 141 Å². The van der Waals surface area contributed by atoms with Crippen molar-refractivity contribution in [2.75, 3.05) is 10.6 Å². The van der Waals surface area contributed by atoms with Gasteiger partial charge in [-0.3, -0.25) is 0 Å². The summed E-state index contributed by atoms with van der Waals surface area (Å²) in [6.45, 7) is 4.13. The minimum Gasteiger partial charge on any atom is -0.340 e. The van der Waals surface area contributed by atoms with Gasteiger partial charge in [-0.25, -0.2) is 9.97 Å². The number of rotatable bonds is 4. The van der Waals surface area contributed by atoms with E-state index in [1.54, 1.807) is 12.1 Å². The number of nitrogens with zero attached hydrogens (tertiary/aromatic N) is 3. The summed E-state index contributed by atoms with van der Waals surface area (Å²) in [6.07, 6.45) is 1.51. The molecule has 0 bridgehead atoms. The molecule has 0 spiro atoms. The molecule has 0 saturated heterocycles. The highest BCUT2D eigenvalue weighted by molar-refractivity contribution is 5.64. The molecule has 0 fully saturated rings. The maximum atomic E-state index is 8.83. The van der Waals surface area contributed by atoms with Crippen LogP contribution in [0.4, 0.5) is 23.0 Å². The lowest BCUT2D eigenvalue weighted by Gasteiger charge is -2.10. The smallest absolute Gasteiger partial charge is 0.135 e. The third kappa shape index (κ3) is 3.87. The molecule has 24 heavy (non-hydrogen) atoms. The van der Waals surface area contributed by atoms with Crippen LogP contribution in [0.2, 0.25) is 0 Å². The number of anilines is 4. The van der Waals surface area contributed by atoms with Crippen LogP contribution in [0.3, 0.4) is 0 Å². The Hall–Kier alpha value is -3.39. The molecule has 3 rings (SSSR count). The molecule has 0 aliphatic carbocycles. The third-order valence-electron chi connectivity index (χ3n) is 3.45. The summed E-state index contributed by atoms with van der Waals surface area (Å²) in [4.78, 5) is 8.48. The van der Waals surface area contributed by atoms with E-state index in [1.807, 2.05) is 18.2 Å². The van der Waals surface area contributed by atoms with E-state index in [9.17, 15) is 0 Å².